The van der Waals surface area contributed by atoms with Crippen molar-refractivity contribution >= 4 is 9.84 Å². The lowest BCUT2D eigenvalue weighted by molar-refractivity contribution is 0.158. The van der Waals surface area contributed by atoms with Gasteiger partial charge in [0.1, 0.15) is 0 Å². The van der Waals surface area contributed by atoms with Gasteiger partial charge in [0, 0.05) is 19.1 Å². The fraction of sp³-hybridized carbons (Fsp3) is 1.00. The van der Waals surface area contributed by atoms with Gasteiger partial charge in [-0.15, -0.1) is 0 Å². The molecule has 2 atom stereocenters. The van der Waals surface area contributed by atoms with E-state index in [1.54, 1.807) is 20.8 Å². The van der Waals surface area contributed by atoms with Gasteiger partial charge in [-0.05, 0) is 46.7 Å². The van der Waals surface area contributed by atoms with Crippen LogP contribution < -0.4 is 5.32 Å². The third kappa shape index (κ3) is 3.93. The predicted molar refractivity (Wildman–Crippen MR) is 76.6 cm³/mol. The number of nitrogens with zero attached hydrogens (tertiary/aromatic N) is 1. The molecule has 2 unspecified atom stereocenters. The molecule has 1 fully saturated rings. The quantitative estimate of drug-likeness (QED) is 0.836. The molecule has 0 saturated carbocycles. The highest BCUT2D eigenvalue weighted by Crippen LogP contribution is 2.19. The van der Waals surface area contributed by atoms with Gasteiger partial charge in [-0.2, -0.15) is 0 Å². The number of likely N-dealkylation sites (tertiary alicyclic amines) is 1. The third-order valence-electron chi connectivity index (χ3n) is 3.97. The molecule has 1 heterocycles. The molecular formula is C13H28N2O2S. The maximum absolute atomic E-state index is 12.1. The van der Waals surface area contributed by atoms with Crippen molar-refractivity contribution in [3.05, 3.63) is 0 Å². The molecule has 108 valence electrons. The summed E-state index contributed by atoms with van der Waals surface area (Å²) in [5, 5.41) is 3.33. The molecular weight excluding hydrogens is 248 g/mol. The van der Waals surface area contributed by atoms with Gasteiger partial charge in [-0.1, -0.05) is 6.92 Å². The molecule has 18 heavy (non-hydrogen) atoms. The molecule has 0 aromatic carbocycles. The van der Waals surface area contributed by atoms with E-state index in [9.17, 15) is 8.42 Å². The van der Waals surface area contributed by atoms with E-state index in [1.807, 2.05) is 7.05 Å². The summed E-state index contributed by atoms with van der Waals surface area (Å²) in [6.45, 7) is 10.2. The number of hydrogen-bond donors (Lipinski definition) is 1. The minimum atomic E-state index is -2.99. The van der Waals surface area contributed by atoms with E-state index in [0.717, 1.165) is 19.5 Å². The largest absolute Gasteiger partial charge is 0.317 e. The van der Waals surface area contributed by atoms with Gasteiger partial charge in [0.2, 0.25) is 0 Å². The van der Waals surface area contributed by atoms with Gasteiger partial charge >= 0.3 is 0 Å². The fourth-order valence-corrected chi connectivity index (χ4v) is 3.53. The minimum absolute atomic E-state index is 0.271. The Morgan fingerprint density at radius 2 is 1.94 bits per heavy atom. The lowest BCUT2D eigenvalue weighted by Gasteiger charge is -2.37. The Labute approximate surface area is 112 Å². The highest BCUT2D eigenvalue weighted by Gasteiger charge is 2.30. The van der Waals surface area contributed by atoms with Crippen LogP contribution in [0.3, 0.4) is 0 Å². The van der Waals surface area contributed by atoms with Crippen LogP contribution in [-0.4, -0.2) is 56.5 Å². The zero-order valence-corrected chi connectivity index (χ0v) is 13.2. The fourth-order valence-electron chi connectivity index (χ4n) is 2.42. The first kappa shape index (κ1) is 15.9. The summed E-state index contributed by atoms with van der Waals surface area (Å²) in [6, 6.07) is 0.570. The predicted octanol–water partition coefficient (Wildman–Crippen LogP) is 1.13. The van der Waals surface area contributed by atoms with Crippen LogP contribution >= 0.6 is 0 Å². The van der Waals surface area contributed by atoms with Crippen LogP contribution in [0.2, 0.25) is 0 Å². The maximum Gasteiger partial charge on any atom is 0.156 e. The molecule has 0 radical (unpaired) electrons. The maximum atomic E-state index is 12.1. The Bertz CT molecular complexity index is 360. The zero-order valence-electron chi connectivity index (χ0n) is 12.4. The van der Waals surface area contributed by atoms with Crippen LogP contribution in [0.15, 0.2) is 0 Å². The standard InChI is InChI=1S/C13H28N2O2S/c1-11-10-15(7-6-12(11)14-5)8-9-18(16,17)13(2,3)4/h11-12,14H,6-10H2,1-5H3. The monoisotopic (exact) mass is 276 g/mol. The van der Waals surface area contributed by atoms with Crippen LogP contribution in [0.1, 0.15) is 34.1 Å². The van der Waals surface area contributed by atoms with E-state index in [1.165, 1.54) is 0 Å². The van der Waals surface area contributed by atoms with Gasteiger partial charge in [0.05, 0.1) is 10.5 Å². The second-order valence-electron chi connectivity index (χ2n) is 6.39. The average Bonchev–Trinajstić information content (AvgIpc) is 2.25. The molecule has 1 aliphatic rings. The van der Waals surface area contributed by atoms with Crippen molar-refractivity contribution in [1.29, 1.82) is 0 Å². The minimum Gasteiger partial charge on any atom is -0.317 e. The van der Waals surface area contributed by atoms with Crippen molar-refractivity contribution in [3.63, 3.8) is 0 Å². The highest BCUT2D eigenvalue weighted by atomic mass is 32.2. The first-order chi connectivity index (χ1) is 8.17. The van der Waals surface area contributed by atoms with E-state index in [-0.39, 0.29) is 5.75 Å². The van der Waals surface area contributed by atoms with Gasteiger partial charge in [-0.3, -0.25) is 0 Å². The van der Waals surface area contributed by atoms with E-state index in [2.05, 4.69) is 17.1 Å². The lowest BCUT2D eigenvalue weighted by Crippen LogP contribution is -2.48. The van der Waals surface area contributed by atoms with Crippen molar-refractivity contribution in [2.24, 2.45) is 5.92 Å². The smallest absolute Gasteiger partial charge is 0.156 e. The third-order valence-corrected chi connectivity index (χ3v) is 6.56. The number of hydrogen-bond acceptors (Lipinski definition) is 4. The van der Waals surface area contributed by atoms with Gasteiger partial charge in [0.15, 0.2) is 9.84 Å². The SMILES string of the molecule is CNC1CCN(CCS(=O)(=O)C(C)(C)C)CC1C. The molecule has 4 nitrogen and oxygen atoms in total. The molecule has 5 heteroatoms. The molecule has 1 rings (SSSR count). The van der Waals surface area contributed by atoms with Crippen LogP contribution in [-0.2, 0) is 9.84 Å². The van der Waals surface area contributed by atoms with Crippen molar-refractivity contribution in [3.8, 4) is 0 Å². The first-order valence-electron chi connectivity index (χ1n) is 6.79. The Kier molecular flexibility index (Phi) is 5.21. The Balaban J connectivity index is 2.47. The summed E-state index contributed by atoms with van der Waals surface area (Å²) in [4.78, 5) is 2.28. The summed E-state index contributed by atoms with van der Waals surface area (Å²) < 4.78 is 23.5. The van der Waals surface area contributed by atoms with E-state index >= 15 is 0 Å². The summed E-state index contributed by atoms with van der Waals surface area (Å²) in [5.74, 6) is 0.856. The van der Waals surface area contributed by atoms with Crippen molar-refractivity contribution in [2.75, 3.05) is 32.4 Å². The Morgan fingerprint density at radius 3 is 2.39 bits per heavy atom. The van der Waals surface area contributed by atoms with Gasteiger partial charge in [0.25, 0.3) is 0 Å². The normalized spacial score (nSPS) is 27.4. The number of nitrogens with one attached hydrogen (secondary N) is 1. The molecule has 0 aliphatic carbocycles. The molecule has 0 aromatic heterocycles. The highest BCUT2D eigenvalue weighted by molar-refractivity contribution is 7.92. The summed E-state index contributed by atoms with van der Waals surface area (Å²) >= 11 is 0. The summed E-state index contributed by atoms with van der Waals surface area (Å²) in [7, 11) is -0.990. The second kappa shape index (κ2) is 5.88. The molecule has 0 aromatic rings. The van der Waals surface area contributed by atoms with Crippen LogP contribution in [0, 0.1) is 5.92 Å². The van der Waals surface area contributed by atoms with E-state index in [4.69, 9.17) is 0 Å². The Hall–Kier alpha value is -0.130. The Morgan fingerprint density at radius 1 is 1.33 bits per heavy atom. The molecule has 0 spiro atoms. The van der Waals surface area contributed by atoms with Crippen LogP contribution in [0.4, 0.5) is 0 Å². The number of piperidine rings is 1. The number of sulfone groups is 1. The summed E-state index contributed by atoms with van der Waals surface area (Å²) in [5.41, 5.74) is 0. The van der Waals surface area contributed by atoms with Crippen molar-refractivity contribution in [2.45, 2.75) is 44.9 Å². The zero-order chi connectivity index (χ0) is 14.0. The molecule has 0 amide bonds. The van der Waals surface area contributed by atoms with Crippen molar-refractivity contribution < 1.29 is 8.42 Å². The van der Waals surface area contributed by atoms with Gasteiger partial charge in [-0.25, -0.2) is 8.42 Å². The molecule has 1 aliphatic heterocycles. The molecule has 0 bridgehead atoms. The van der Waals surface area contributed by atoms with Crippen molar-refractivity contribution in [1.82, 2.24) is 10.2 Å². The molecule has 1 saturated heterocycles. The first-order valence-corrected chi connectivity index (χ1v) is 8.44. The van der Waals surface area contributed by atoms with Crippen LogP contribution in [0.25, 0.3) is 0 Å². The van der Waals surface area contributed by atoms with E-state index < -0.39 is 14.6 Å². The summed E-state index contributed by atoms with van der Waals surface area (Å²) in [6.07, 6.45) is 1.10. The van der Waals surface area contributed by atoms with Crippen LogP contribution in [0.5, 0.6) is 0 Å². The number of rotatable bonds is 4. The average molecular weight is 276 g/mol. The second-order valence-corrected chi connectivity index (χ2v) is 9.26. The molecule has 1 N–H and O–H groups in total. The lowest BCUT2D eigenvalue weighted by atomic mass is 9.94. The topological polar surface area (TPSA) is 49.4 Å². The van der Waals surface area contributed by atoms with E-state index in [0.29, 0.717) is 18.5 Å². The van der Waals surface area contributed by atoms with Gasteiger partial charge < -0.3 is 10.2 Å².